The Bertz CT molecular complexity index is 67.3. The molecule has 0 aromatic carbocycles. The Morgan fingerprint density at radius 2 is 2.00 bits per heavy atom. The average Bonchev–Trinajstić information content (AvgIpc) is 1.27. The molecule has 0 spiro atoms. The summed E-state index contributed by atoms with van der Waals surface area (Å²) < 4.78 is 0. The van der Waals surface area contributed by atoms with Crippen LogP contribution in [0.25, 0.3) is 0 Å². The molecule has 4 N–H and O–H groups in total. The van der Waals surface area contributed by atoms with Gasteiger partial charge in [0.25, 0.3) is 0 Å². The second kappa shape index (κ2) is 2.44. The van der Waals surface area contributed by atoms with Crippen LogP contribution in [0.4, 0.5) is 0 Å². The molecule has 0 bridgehead atoms. The van der Waals surface area contributed by atoms with Crippen LogP contribution in [0.2, 0.25) is 0 Å². The summed E-state index contributed by atoms with van der Waals surface area (Å²) in [5.74, 6) is 0.000000000000000222. The molecule has 0 saturated carbocycles. The molecule has 0 fully saturated rings. The summed E-state index contributed by atoms with van der Waals surface area (Å²) in [7, 11) is 0. The Morgan fingerprint density at radius 3 is 2.00 bits per heavy atom. The molecule has 0 atom stereocenters. The number of hydrogen-bond donors (Lipinski definition) is 3. The van der Waals surface area contributed by atoms with Crippen molar-refractivity contribution in [2.45, 2.75) is 13.8 Å². The fourth-order valence-electron chi connectivity index (χ4n) is 0.269. The van der Waals surface area contributed by atoms with E-state index in [2.05, 4.69) is 5.32 Å². The van der Waals surface area contributed by atoms with Gasteiger partial charge in [-0.15, -0.1) is 0 Å². The normalized spacial score (nSPS) is 9.00. The molecule has 7 heavy (non-hydrogen) atoms. The van der Waals surface area contributed by atoms with Crippen molar-refractivity contribution in [3.05, 3.63) is 6.04 Å². The van der Waals surface area contributed by atoms with Gasteiger partial charge in [0.1, 0.15) is 0 Å². The topological polar surface area (TPSA) is 61.9 Å². The van der Waals surface area contributed by atoms with E-state index in [-0.39, 0.29) is 5.96 Å². The monoisotopic (exact) mass is 100 g/mol. The largest absolute Gasteiger partial charge is 0.370 e. The number of nitrogens with two attached hydrogens (primary N) is 1. The Balaban J connectivity index is 3.13. The van der Waals surface area contributed by atoms with E-state index in [4.69, 9.17) is 11.1 Å². The van der Waals surface area contributed by atoms with Crippen LogP contribution in [0.15, 0.2) is 0 Å². The van der Waals surface area contributed by atoms with Crippen LogP contribution in [0, 0.1) is 11.5 Å². The van der Waals surface area contributed by atoms with Crippen molar-refractivity contribution in [3.8, 4) is 0 Å². The van der Waals surface area contributed by atoms with Crippen LogP contribution in [0.5, 0.6) is 0 Å². The van der Waals surface area contributed by atoms with Gasteiger partial charge in [0.2, 0.25) is 0 Å². The maximum Gasteiger partial charge on any atom is 0.186 e. The standard InChI is InChI=1S/C4H10N3/c1-3(2)7-4(5)6/h1-2H3,(H4,5,6,7). The Morgan fingerprint density at radius 1 is 1.57 bits per heavy atom. The number of rotatable bonds is 1. The summed E-state index contributed by atoms with van der Waals surface area (Å²) in [6, 6.07) is 0.938. The molecule has 0 aliphatic rings. The van der Waals surface area contributed by atoms with Crippen molar-refractivity contribution in [3.63, 3.8) is 0 Å². The quantitative estimate of drug-likeness (QED) is 0.322. The summed E-state index contributed by atoms with van der Waals surface area (Å²) in [5, 5.41) is 9.25. The zero-order chi connectivity index (χ0) is 5.86. The highest BCUT2D eigenvalue weighted by Gasteiger charge is 1.89. The SMILES string of the molecule is C[C](C)NC(=N)N. The zero-order valence-corrected chi connectivity index (χ0v) is 4.58. The van der Waals surface area contributed by atoms with Crippen molar-refractivity contribution in [1.29, 1.82) is 5.41 Å². The number of hydrogen-bond acceptors (Lipinski definition) is 1. The summed E-state index contributed by atoms with van der Waals surface area (Å²) in [4.78, 5) is 0. The molecular weight excluding hydrogens is 90.1 g/mol. The van der Waals surface area contributed by atoms with Crippen LogP contribution >= 0.6 is 0 Å². The fraction of sp³-hybridized carbons (Fsp3) is 0.500. The van der Waals surface area contributed by atoms with Gasteiger partial charge in [0.15, 0.2) is 5.96 Å². The summed E-state index contributed by atoms with van der Waals surface area (Å²) in [6.07, 6.45) is 0. The first kappa shape index (κ1) is 6.27. The third-order valence-corrected chi connectivity index (χ3v) is 0.385. The van der Waals surface area contributed by atoms with Gasteiger partial charge < -0.3 is 11.1 Å². The molecule has 3 nitrogen and oxygen atoms in total. The van der Waals surface area contributed by atoms with Crippen LogP contribution in [-0.4, -0.2) is 5.96 Å². The van der Waals surface area contributed by atoms with Gasteiger partial charge in [0, 0.05) is 0 Å². The maximum absolute atomic E-state index is 6.67. The summed E-state index contributed by atoms with van der Waals surface area (Å²) in [5.41, 5.74) is 4.94. The third-order valence-electron chi connectivity index (χ3n) is 0.385. The molecule has 0 aromatic rings. The van der Waals surface area contributed by atoms with E-state index >= 15 is 0 Å². The van der Waals surface area contributed by atoms with Crippen molar-refractivity contribution in [2.24, 2.45) is 5.73 Å². The van der Waals surface area contributed by atoms with Crippen molar-refractivity contribution < 1.29 is 0 Å². The van der Waals surface area contributed by atoms with Crippen LogP contribution in [0.1, 0.15) is 13.8 Å². The van der Waals surface area contributed by atoms with E-state index in [9.17, 15) is 0 Å². The van der Waals surface area contributed by atoms with Gasteiger partial charge >= 0.3 is 0 Å². The summed E-state index contributed by atoms with van der Waals surface area (Å²) in [6.45, 7) is 3.70. The van der Waals surface area contributed by atoms with Crippen molar-refractivity contribution >= 4 is 5.96 Å². The van der Waals surface area contributed by atoms with Gasteiger partial charge in [-0.2, -0.15) is 0 Å². The summed E-state index contributed by atoms with van der Waals surface area (Å²) >= 11 is 0. The van der Waals surface area contributed by atoms with Gasteiger partial charge in [-0.25, -0.2) is 0 Å². The first-order valence-electron chi connectivity index (χ1n) is 2.04. The lowest BCUT2D eigenvalue weighted by Crippen LogP contribution is -2.30. The molecule has 1 radical (unpaired) electrons. The van der Waals surface area contributed by atoms with Crippen molar-refractivity contribution in [2.75, 3.05) is 0 Å². The van der Waals surface area contributed by atoms with E-state index in [1.165, 1.54) is 0 Å². The molecule has 0 aliphatic carbocycles. The zero-order valence-electron chi connectivity index (χ0n) is 4.58. The van der Waals surface area contributed by atoms with Crippen LogP contribution < -0.4 is 11.1 Å². The number of guanidine groups is 1. The predicted octanol–water partition coefficient (Wildman–Crippen LogP) is 0.0413. The highest BCUT2D eigenvalue weighted by atomic mass is 15.1. The maximum atomic E-state index is 6.67. The first-order valence-corrected chi connectivity index (χ1v) is 2.04. The molecule has 0 rings (SSSR count). The van der Waals surface area contributed by atoms with Gasteiger partial charge in [-0.3, -0.25) is 5.41 Å². The lowest BCUT2D eigenvalue weighted by Gasteiger charge is -2.03. The van der Waals surface area contributed by atoms with Gasteiger partial charge in [-0.05, 0) is 13.8 Å². The molecular formula is C4H10N3. The number of nitrogens with one attached hydrogen (secondary N) is 2. The first-order chi connectivity index (χ1) is 3.13. The highest BCUT2D eigenvalue weighted by Crippen LogP contribution is 1.82. The van der Waals surface area contributed by atoms with Gasteiger partial charge in [0.05, 0.1) is 6.04 Å². The third kappa shape index (κ3) is 5.27. The molecule has 0 aliphatic heterocycles. The van der Waals surface area contributed by atoms with Crippen LogP contribution in [-0.2, 0) is 0 Å². The van der Waals surface area contributed by atoms with E-state index < -0.39 is 0 Å². The second-order valence-electron chi connectivity index (χ2n) is 1.54. The van der Waals surface area contributed by atoms with E-state index in [0.717, 1.165) is 6.04 Å². The van der Waals surface area contributed by atoms with E-state index in [1.807, 2.05) is 13.8 Å². The molecule has 3 heteroatoms. The predicted molar refractivity (Wildman–Crippen MR) is 29.6 cm³/mol. The van der Waals surface area contributed by atoms with Gasteiger partial charge in [-0.1, -0.05) is 0 Å². The smallest absolute Gasteiger partial charge is 0.186 e. The molecule has 41 valence electrons. The van der Waals surface area contributed by atoms with Crippen molar-refractivity contribution in [1.82, 2.24) is 5.32 Å². The molecule has 0 amide bonds. The molecule has 0 unspecified atom stereocenters. The highest BCUT2D eigenvalue weighted by molar-refractivity contribution is 5.75. The Labute approximate surface area is 43.4 Å². The van der Waals surface area contributed by atoms with Crippen LogP contribution in [0.3, 0.4) is 0 Å². The molecule has 0 aromatic heterocycles. The molecule has 0 saturated heterocycles. The lowest BCUT2D eigenvalue weighted by molar-refractivity contribution is 0.902. The average molecular weight is 100 g/mol. The Hall–Kier alpha value is -0.730. The Kier molecular flexibility index (Phi) is 2.19. The van der Waals surface area contributed by atoms with E-state index in [0.29, 0.717) is 0 Å². The van der Waals surface area contributed by atoms with E-state index in [1.54, 1.807) is 0 Å². The lowest BCUT2D eigenvalue weighted by atomic mass is 10.4. The minimum atomic E-state index is 0.000000000000000222. The fourth-order valence-corrected chi connectivity index (χ4v) is 0.269. The second-order valence-corrected chi connectivity index (χ2v) is 1.54. The molecule has 0 heterocycles. The minimum Gasteiger partial charge on any atom is -0.370 e. The minimum absolute atomic E-state index is 0.000000000000000222.